The Morgan fingerprint density at radius 2 is 2.07 bits per heavy atom. The van der Waals surface area contributed by atoms with Crippen molar-refractivity contribution in [2.75, 3.05) is 22.9 Å². The highest BCUT2D eigenvalue weighted by Crippen LogP contribution is 2.30. The highest BCUT2D eigenvalue weighted by atomic mass is 16.2. The van der Waals surface area contributed by atoms with E-state index in [2.05, 4.69) is 40.0 Å². The maximum atomic E-state index is 12.7. The highest BCUT2D eigenvalue weighted by molar-refractivity contribution is 5.97. The van der Waals surface area contributed by atoms with Gasteiger partial charge in [-0.1, -0.05) is 6.92 Å². The minimum Gasteiger partial charge on any atom is -0.356 e. The fourth-order valence-electron chi connectivity index (χ4n) is 3.93. The monoisotopic (exact) mass is 359 g/mol. The molecule has 6 heteroatoms. The van der Waals surface area contributed by atoms with Gasteiger partial charge in [0.15, 0.2) is 0 Å². The lowest BCUT2D eigenvalue weighted by Crippen LogP contribution is -2.25. The van der Waals surface area contributed by atoms with Crippen LogP contribution in [-0.4, -0.2) is 33.7 Å². The quantitative estimate of drug-likeness (QED) is 0.714. The standard InChI is InChI=1S/C21H21N5O/c1-15-6-8-24(12-15)20-5-4-16(10-23-20)17-9-19-14-26(21(27)25(19)13-17)18-3-2-7-22-11-18/h2-5,7,9-11,13,15H,6,8,12,14H2,1H3. The second-order valence-corrected chi connectivity index (χ2v) is 7.41. The minimum atomic E-state index is -0.0418. The predicted molar refractivity (Wildman–Crippen MR) is 105 cm³/mol. The molecule has 0 N–H and O–H groups in total. The first kappa shape index (κ1) is 16.1. The maximum Gasteiger partial charge on any atom is 0.333 e. The molecule has 0 saturated carbocycles. The molecule has 1 fully saturated rings. The number of anilines is 2. The molecule has 1 saturated heterocycles. The first-order valence-corrected chi connectivity index (χ1v) is 9.33. The van der Waals surface area contributed by atoms with Crippen molar-refractivity contribution in [1.82, 2.24) is 14.5 Å². The summed E-state index contributed by atoms with van der Waals surface area (Å²) in [6.07, 6.45) is 8.47. The summed E-state index contributed by atoms with van der Waals surface area (Å²) in [7, 11) is 0. The molecule has 1 amide bonds. The van der Waals surface area contributed by atoms with Crippen LogP contribution in [0.5, 0.6) is 0 Å². The van der Waals surface area contributed by atoms with Crippen molar-refractivity contribution in [1.29, 1.82) is 0 Å². The van der Waals surface area contributed by atoms with Gasteiger partial charge in [-0.05, 0) is 42.7 Å². The number of nitrogens with zero attached hydrogens (tertiary/aromatic N) is 5. The third-order valence-corrected chi connectivity index (χ3v) is 5.44. The third kappa shape index (κ3) is 2.77. The Bertz CT molecular complexity index is 980. The maximum absolute atomic E-state index is 12.7. The molecule has 0 radical (unpaired) electrons. The van der Waals surface area contributed by atoms with Gasteiger partial charge in [-0.25, -0.2) is 9.78 Å². The van der Waals surface area contributed by atoms with E-state index >= 15 is 0 Å². The molecule has 2 aliphatic heterocycles. The molecule has 5 heterocycles. The molecule has 0 bridgehead atoms. The van der Waals surface area contributed by atoms with Gasteiger partial charge in [0, 0.05) is 48.5 Å². The number of hydrogen-bond donors (Lipinski definition) is 0. The molecule has 0 aromatic carbocycles. The van der Waals surface area contributed by atoms with Gasteiger partial charge in [-0.3, -0.25) is 14.5 Å². The third-order valence-electron chi connectivity index (χ3n) is 5.44. The van der Waals surface area contributed by atoms with Crippen molar-refractivity contribution >= 4 is 17.5 Å². The highest BCUT2D eigenvalue weighted by Gasteiger charge is 2.29. The van der Waals surface area contributed by atoms with Crippen LogP contribution in [0.15, 0.2) is 55.1 Å². The van der Waals surface area contributed by atoms with Gasteiger partial charge in [0.05, 0.1) is 18.4 Å². The van der Waals surface area contributed by atoms with Crippen LogP contribution in [0.2, 0.25) is 0 Å². The molecule has 0 spiro atoms. The fourth-order valence-corrected chi connectivity index (χ4v) is 3.93. The largest absolute Gasteiger partial charge is 0.356 e. The number of hydrogen-bond acceptors (Lipinski definition) is 4. The van der Waals surface area contributed by atoms with Gasteiger partial charge in [-0.15, -0.1) is 0 Å². The van der Waals surface area contributed by atoms with E-state index in [0.717, 1.165) is 47.3 Å². The number of fused-ring (bicyclic) bond motifs is 1. The molecule has 1 unspecified atom stereocenters. The van der Waals surface area contributed by atoms with Gasteiger partial charge >= 0.3 is 6.03 Å². The van der Waals surface area contributed by atoms with Crippen LogP contribution < -0.4 is 9.80 Å². The predicted octanol–water partition coefficient (Wildman–Crippen LogP) is 3.78. The smallest absolute Gasteiger partial charge is 0.333 e. The van der Waals surface area contributed by atoms with E-state index in [9.17, 15) is 4.79 Å². The van der Waals surface area contributed by atoms with Gasteiger partial charge in [0.1, 0.15) is 5.82 Å². The molecule has 5 rings (SSSR count). The lowest BCUT2D eigenvalue weighted by Gasteiger charge is -2.17. The fraction of sp³-hybridized carbons (Fsp3) is 0.286. The average Bonchev–Trinajstić information content (AvgIpc) is 3.39. The van der Waals surface area contributed by atoms with Gasteiger partial charge in [0.25, 0.3) is 0 Å². The van der Waals surface area contributed by atoms with E-state index in [-0.39, 0.29) is 6.03 Å². The summed E-state index contributed by atoms with van der Waals surface area (Å²) in [6, 6.07) is 9.96. The number of aromatic nitrogens is 3. The number of amides is 1. The molecule has 0 aliphatic carbocycles. The molecule has 3 aromatic rings. The van der Waals surface area contributed by atoms with E-state index < -0.39 is 0 Å². The second-order valence-electron chi connectivity index (χ2n) is 7.41. The summed E-state index contributed by atoms with van der Waals surface area (Å²) in [6.45, 7) is 4.99. The summed E-state index contributed by atoms with van der Waals surface area (Å²) < 4.78 is 1.72. The van der Waals surface area contributed by atoms with E-state index in [1.165, 1.54) is 6.42 Å². The number of rotatable bonds is 3. The van der Waals surface area contributed by atoms with Crippen LogP contribution in [-0.2, 0) is 6.54 Å². The first-order valence-electron chi connectivity index (χ1n) is 9.33. The van der Waals surface area contributed by atoms with Crippen molar-refractivity contribution in [3.63, 3.8) is 0 Å². The van der Waals surface area contributed by atoms with Gasteiger partial charge in [-0.2, -0.15) is 0 Å². The van der Waals surface area contributed by atoms with Crippen molar-refractivity contribution in [2.24, 2.45) is 5.92 Å². The average molecular weight is 359 g/mol. The Hall–Kier alpha value is -3.15. The SMILES string of the molecule is CC1CCN(c2ccc(-c3cc4n(c3)C(=O)N(c3cccnc3)C4)cn2)C1. The Morgan fingerprint density at radius 3 is 2.74 bits per heavy atom. The van der Waals surface area contributed by atoms with E-state index in [0.29, 0.717) is 6.54 Å². The Kier molecular flexibility index (Phi) is 3.70. The number of carbonyl (C=O) groups is 1. The Morgan fingerprint density at radius 1 is 1.15 bits per heavy atom. The number of pyridine rings is 2. The first-order chi connectivity index (χ1) is 13.2. The van der Waals surface area contributed by atoms with Crippen LogP contribution in [0.3, 0.4) is 0 Å². The molecular weight excluding hydrogens is 338 g/mol. The van der Waals surface area contributed by atoms with Crippen molar-refractivity contribution in [3.05, 3.63) is 60.8 Å². The Balaban J connectivity index is 1.37. The minimum absolute atomic E-state index is 0.0418. The molecule has 6 nitrogen and oxygen atoms in total. The van der Waals surface area contributed by atoms with Crippen LogP contribution in [0.4, 0.5) is 16.3 Å². The molecule has 136 valence electrons. The van der Waals surface area contributed by atoms with E-state index in [4.69, 9.17) is 0 Å². The van der Waals surface area contributed by atoms with E-state index in [1.54, 1.807) is 21.9 Å². The van der Waals surface area contributed by atoms with Gasteiger partial charge in [0.2, 0.25) is 0 Å². The van der Waals surface area contributed by atoms with Crippen LogP contribution in [0.1, 0.15) is 19.0 Å². The van der Waals surface area contributed by atoms with Crippen LogP contribution >= 0.6 is 0 Å². The Labute approximate surface area is 158 Å². The molecular formula is C21H21N5O. The molecule has 2 aliphatic rings. The summed E-state index contributed by atoms with van der Waals surface area (Å²) in [5, 5.41) is 0. The zero-order valence-corrected chi connectivity index (χ0v) is 15.2. The van der Waals surface area contributed by atoms with Gasteiger partial charge < -0.3 is 4.90 Å². The second kappa shape index (κ2) is 6.23. The molecule has 27 heavy (non-hydrogen) atoms. The van der Waals surface area contributed by atoms with Crippen molar-refractivity contribution < 1.29 is 4.79 Å². The van der Waals surface area contributed by atoms with Crippen LogP contribution in [0.25, 0.3) is 11.1 Å². The summed E-state index contributed by atoms with van der Waals surface area (Å²) in [5.74, 6) is 1.77. The number of carbonyl (C=O) groups excluding carboxylic acids is 1. The van der Waals surface area contributed by atoms with Crippen molar-refractivity contribution in [3.8, 4) is 11.1 Å². The van der Waals surface area contributed by atoms with Crippen LogP contribution in [0, 0.1) is 5.92 Å². The molecule has 3 aromatic heterocycles. The van der Waals surface area contributed by atoms with E-state index in [1.807, 2.05) is 24.5 Å². The normalized spacial score (nSPS) is 19.0. The lowest BCUT2D eigenvalue weighted by molar-refractivity contribution is 0.251. The zero-order valence-electron chi connectivity index (χ0n) is 15.2. The molecule has 1 atom stereocenters. The zero-order chi connectivity index (χ0) is 18.4. The summed E-state index contributed by atoms with van der Waals surface area (Å²) in [4.78, 5) is 25.6. The lowest BCUT2D eigenvalue weighted by atomic mass is 10.1. The summed E-state index contributed by atoms with van der Waals surface area (Å²) in [5.41, 5.74) is 3.86. The topological polar surface area (TPSA) is 54.3 Å². The van der Waals surface area contributed by atoms with Crippen molar-refractivity contribution in [2.45, 2.75) is 19.9 Å². The summed E-state index contributed by atoms with van der Waals surface area (Å²) >= 11 is 0.